The van der Waals surface area contributed by atoms with Crippen LogP contribution in [-0.4, -0.2) is 0 Å². The Labute approximate surface area is 776 Å². The van der Waals surface area contributed by atoms with Crippen molar-refractivity contribution in [2.75, 3.05) is 0 Å². The minimum atomic E-state index is 0. The summed E-state index contributed by atoms with van der Waals surface area (Å²) in [6, 6.07) is 0. The van der Waals surface area contributed by atoms with E-state index in [0.29, 0.717) is 5.41 Å². The normalized spacial score (nSPS) is 3.18. The van der Waals surface area contributed by atoms with Crippen molar-refractivity contribution >= 4 is 0 Å². The molecular formula is C114H318. The third-order valence-electron chi connectivity index (χ3n) is 0. The lowest BCUT2D eigenvalue weighted by molar-refractivity contribution is 0.469. The summed E-state index contributed by atoms with van der Waals surface area (Å²) in [6.45, 7) is 247. The Bertz CT molecular complexity index is 85.4. The topological polar surface area (TPSA) is 0 Å². The first-order chi connectivity index (χ1) is 56.0. The van der Waals surface area contributed by atoms with Gasteiger partial charge in [0.05, 0.1) is 0 Å². The predicted molar refractivity (Wildman–Crippen MR) is 644 cm³/mol. The van der Waals surface area contributed by atoms with Gasteiger partial charge in [-0.05, 0) is 5.41 Å². The molecule has 0 aromatic rings. The molecule has 114 heavy (non-hydrogen) atoms. The first-order valence-corrected chi connectivity index (χ1v) is 50.5. The van der Waals surface area contributed by atoms with Crippen LogP contribution < -0.4 is 0 Å². The van der Waals surface area contributed by atoms with Gasteiger partial charge in [-0.15, -0.1) is 145 Å². The number of hydrogen-bond donors (Lipinski definition) is 0. The van der Waals surface area contributed by atoms with Gasteiger partial charge in [-0.2, -0.15) is 0 Å². The molecule has 0 bridgehead atoms. The summed E-state index contributed by atoms with van der Waals surface area (Å²) < 4.78 is 0. The second-order valence-corrected chi connectivity index (χ2v) is 3.00. The molecule has 0 N–H and O–H groups in total. The summed E-state index contributed by atoms with van der Waals surface area (Å²) in [5.74, 6) is 0. The van der Waals surface area contributed by atoms with Crippen LogP contribution in [0, 0.1) is 5.41 Å². The van der Waals surface area contributed by atoms with E-state index in [9.17, 15) is 0 Å². The zero-order valence-electron chi connectivity index (χ0n) is 106. The fourth-order valence-electron chi connectivity index (χ4n) is 0. The maximum absolute atomic E-state index is 3.00. The lowest BCUT2D eigenvalue weighted by Crippen LogP contribution is -1.93. The third kappa shape index (κ3) is 156000. The molecule has 774 valence electrons. The van der Waals surface area contributed by atoms with Crippen LogP contribution in [0.3, 0.4) is 0 Å². The van der Waals surface area contributed by atoms with E-state index in [0.717, 1.165) is 0 Å². The molecule has 0 saturated heterocycles. The van der Waals surface area contributed by atoms with Crippen molar-refractivity contribution in [3.05, 3.63) is 145 Å². The van der Waals surface area contributed by atoms with Crippen LogP contribution in [0.4, 0.5) is 0 Å². The van der Waals surface area contributed by atoms with Crippen LogP contribution in [0.15, 0.2) is 145 Å². The van der Waals surface area contributed by atoms with E-state index in [1.807, 2.05) is 595 Å². The first kappa shape index (κ1) is 443. The standard InChI is InChI=1S/C5H12.43C2H6.11C2H4.CH4/c1-5(2,3)4;54*1-2;/h1-4H3;43*1-2H3;11*1-2H2;1H4. The van der Waals surface area contributed by atoms with Crippen molar-refractivity contribution in [2.45, 2.75) is 631 Å². The van der Waals surface area contributed by atoms with Gasteiger partial charge in [-0.3, -0.25) is 0 Å². The molecule has 0 radical (unpaired) electrons. The monoisotopic (exact) mass is 1690 g/mol. The average molecular weight is 1690 g/mol. The van der Waals surface area contributed by atoms with E-state index in [1.54, 1.807) is 0 Å². The molecule has 0 unspecified atom stereocenters. The molecule has 0 spiro atoms. The number of hydrogen-bond acceptors (Lipinski definition) is 0. The molecule has 0 atom stereocenters. The highest BCUT2D eigenvalue weighted by Gasteiger charge is 1.95. The van der Waals surface area contributed by atoms with Gasteiger partial charge in [-0.1, -0.05) is 631 Å². The van der Waals surface area contributed by atoms with Gasteiger partial charge in [0.15, 0.2) is 0 Å². The molecule has 0 aliphatic heterocycles. The van der Waals surface area contributed by atoms with Gasteiger partial charge in [0.1, 0.15) is 0 Å². The van der Waals surface area contributed by atoms with Gasteiger partial charge in [0, 0.05) is 0 Å². The molecule has 0 aromatic heterocycles. The molecule has 0 rings (SSSR count). The Morgan fingerprint density at radius 3 is 0.0702 bits per heavy atom. The molecule has 0 amide bonds. The molecule has 0 saturated carbocycles. The van der Waals surface area contributed by atoms with Crippen LogP contribution >= 0.6 is 0 Å². The second kappa shape index (κ2) is 133000. The summed E-state index contributed by atoms with van der Waals surface area (Å²) in [4.78, 5) is 0. The van der Waals surface area contributed by atoms with Gasteiger partial charge < -0.3 is 0 Å². The summed E-state index contributed by atoms with van der Waals surface area (Å²) in [5, 5.41) is 0. The average Bonchev–Trinajstić information content (AvgIpc) is 1.14. The Morgan fingerprint density at radius 1 is 0.0702 bits per heavy atom. The maximum Gasteiger partial charge on any atom is -0.0411 e. The van der Waals surface area contributed by atoms with Crippen LogP contribution in [0.1, 0.15) is 631 Å². The van der Waals surface area contributed by atoms with E-state index in [-0.39, 0.29) is 7.43 Å². The van der Waals surface area contributed by atoms with Crippen molar-refractivity contribution < 1.29 is 0 Å². The minimum Gasteiger partial charge on any atom is -0.106 e. The highest BCUT2D eigenvalue weighted by molar-refractivity contribution is 4.47. The van der Waals surface area contributed by atoms with Crippen molar-refractivity contribution in [1.82, 2.24) is 0 Å². The summed E-state index contributed by atoms with van der Waals surface area (Å²) in [5.41, 5.74) is 0.500. The highest BCUT2D eigenvalue weighted by atomic mass is 14.0. The minimum absolute atomic E-state index is 0. The fourth-order valence-corrected chi connectivity index (χ4v) is 0. The summed E-state index contributed by atoms with van der Waals surface area (Å²) >= 11 is 0. The maximum atomic E-state index is 3.00. The Balaban J connectivity index is -0.00000000557. The largest absolute Gasteiger partial charge is 0.106 e. The van der Waals surface area contributed by atoms with Crippen LogP contribution in [0.5, 0.6) is 0 Å². The third-order valence-corrected chi connectivity index (χ3v) is 0. The smallest absolute Gasteiger partial charge is 0.0411 e. The fraction of sp³-hybridized carbons (Fsp3) is 0.807. The van der Waals surface area contributed by atoms with E-state index in [1.165, 1.54) is 0 Å². The molecule has 0 aliphatic carbocycles. The first-order valence-electron chi connectivity index (χ1n) is 50.5. The molecule has 0 aliphatic rings. The second-order valence-electron chi connectivity index (χ2n) is 3.00. The predicted octanol–water partition coefficient (Wildman–Crippen LogP) is 55.6. The Kier molecular flexibility index (Phi) is 518000. The lowest BCUT2D eigenvalue weighted by Gasteiger charge is -2.05. The number of rotatable bonds is 0. The summed E-state index contributed by atoms with van der Waals surface area (Å²) in [7, 11) is 0. The van der Waals surface area contributed by atoms with Crippen molar-refractivity contribution in [3.63, 3.8) is 0 Å². The molecule has 0 heteroatoms. The summed E-state index contributed by atoms with van der Waals surface area (Å²) in [6.07, 6.45) is 0. The zero-order chi connectivity index (χ0) is 112. The molecule has 0 heterocycles. The van der Waals surface area contributed by atoms with E-state index in [4.69, 9.17) is 0 Å². The molecule has 0 fully saturated rings. The van der Waals surface area contributed by atoms with Crippen LogP contribution in [0.2, 0.25) is 0 Å². The van der Waals surface area contributed by atoms with E-state index < -0.39 is 0 Å². The van der Waals surface area contributed by atoms with Crippen molar-refractivity contribution in [2.24, 2.45) is 5.41 Å². The SMILES string of the molecule is C.C=C.C=C.C=C.C=C.C=C.C=C.C=C.C=C.C=C.C=C.C=C.CC.CC.CC.CC.CC.CC.CC.CC.CC.CC.CC.CC.CC.CC.CC.CC.CC.CC.CC.CC.CC.CC.CC.CC.CC.CC.CC.CC.CC.CC.CC.CC.CC.CC.CC.CC.CC.CC.CC.CC.CC.CC.CC.CC(C)(C)C. The van der Waals surface area contributed by atoms with E-state index in [2.05, 4.69) is 172 Å². The van der Waals surface area contributed by atoms with Gasteiger partial charge in [-0.25, -0.2) is 0 Å². The molecule has 0 aromatic carbocycles. The Hall–Kier alpha value is -2.86. The highest BCUT2D eigenvalue weighted by Crippen LogP contribution is 2.08. The van der Waals surface area contributed by atoms with Crippen LogP contribution in [0.25, 0.3) is 0 Å². The van der Waals surface area contributed by atoms with Gasteiger partial charge in [0.25, 0.3) is 0 Å². The van der Waals surface area contributed by atoms with Crippen LogP contribution in [-0.2, 0) is 0 Å². The van der Waals surface area contributed by atoms with Gasteiger partial charge >= 0.3 is 0 Å². The van der Waals surface area contributed by atoms with Crippen molar-refractivity contribution in [3.8, 4) is 0 Å². The van der Waals surface area contributed by atoms with Gasteiger partial charge in [0.2, 0.25) is 0 Å². The molecular weight excluding hydrogens is 1370 g/mol. The zero-order valence-corrected chi connectivity index (χ0v) is 106. The lowest BCUT2D eigenvalue weighted by atomic mass is 10.0. The quantitative estimate of drug-likeness (QED) is 0.212. The molecule has 0 nitrogen and oxygen atoms in total. The van der Waals surface area contributed by atoms with E-state index >= 15 is 0 Å². The van der Waals surface area contributed by atoms with Crippen molar-refractivity contribution in [1.29, 1.82) is 0 Å². The Morgan fingerprint density at radius 2 is 0.0702 bits per heavy atom.